The van der Waals surface area contributed by atoms with Gasteiger partial charge in [-0.3, -0.25) is 0 Å². The number of nitrogens with zero attached hydrogens (tertiary/aromatic N) is 2. The van der Waals surface area contributed by atoms with Gasteiger partial charge >= 0.3 is 6.03 Å². The summed E-state index contributed by atoms with van der Waals surface area (Å²) in [6.07, 6.45) is 0. The highest BCUT2D eigenvalue weighted by atomic mass is 35.5. The molecule has 0 unspecified atom stereocenters. The number of hydrogen-bond donors (Lipinski definition) is 3. The number of hydrogen-bond acceptors (Lipinski definition) is 3. The summed E-state index contributed by atoms with van der Waals surface area (Å²) in [5, 5.41) is 14.8. The minimum atomic E-state index is -0.145. The van der Waals surface area contributed by atoms with Crippen molar-refractivity contribution in [2.75, 3.05) is 14.1 Å². The van der Waals surface area contributed by atoms with Crippen molar-refractivity contribution >= 4 is 39.9 Å². The van der Waals surface area contributed by atoms with E-state index >= 15 is 0 Å². The molecular weight excluding hydrogens is 424 g/mol. The first kappa shape index (κ1) is 21.5. The fraction of sp³-hybridized carbons (Fsp3) is 0.120. The van der Waals surface area contributed by atoms with Gasteiger partial charge in [-0.1, -0.05) is 60.1 Å². The van der Waals surface area contributed by atoms with Crippen LogP contribution in [-0.2, 0) is 6.54 Å². The number of aromatic nitrogens is 1. The Bertz CT molecular complexity index is 1280. The summed E-state index contributed by atoms with van der Waals surface area (Å²) in [6, 6.07) is 22.7. The lowest BCUT2D eigenvalue weighted by Crippen LogP contribution is -2.34. The number of amides is 2. The van der Waals surface area contributed by atoms with Crippen LogP contribution in [0.25, 0.3) is 10.9 Å². The Morgan fingerprint density at radius 1 is 1.09 bits per heavy atom. The molecule has 6 nitrogen and oxygen atoms in total. The minimum Gasteiger partial charge on any atom is -0.494 e. The van der Waals surface area contributed by atoms with Crippen molar-refractivity contribution in [3.05, 3.63) is 94.5 Å². The van der Waals surface area contributed by atoms with Crippen molar-refractivity contribution < 1.29 is 9.90 Å². The summed E-state index contributed by atoms with van der Waals surface area (Å²) in [7, 11) is 3.35. The highest BCUT2D eigenvalue weighted by Crippen LogP contribution is 2.32. The zero-order valence-electron chi connectivity index (χ0n) is 17.8. The number of rotatable bonds is 5. The average Bonchev–Trinajstić information content (AvgIpc) is 3.13. The number of carbonyl (C=O) groups excluding carboxylic acids is 1. The summed E-state index contributed by atoms with van der Waals surface area (Å²) >= 11 is 6.13. The third-order valence-electron chi connectivity index (χ3n) is 5.18. The first-order valence-corrected chi connectivity index (χ1v) is 10.5. The average molecular weight is 447 g/mol. The lowest BCUT2D eigenvalue weighted by molar-refractivity contribution is 0.209. The zero-order valence-corrected chi connectivity index (χ0v) is 18.5. The van der Waals surface area contributed by atoms with Gasteiger partial charge in [-0.15, -0.1) is 0 Å². The van der Waals surface area contributed by atoms with Crippen molar-refractivity contribution in [3.63, 3.8) is 0 Å². The molecule has 7 heteroatoms. The molecule has 1 heterocycles. The van der Waals surface area contributed by atoms with E-state index in [1.54, 1.807) is 31.1 Å². The second kappa shape index (κ2) is 9.16. The predicted molar refractivity (Wildman–Crippen MR) is 129 cm³/mol. The van der Waals surface area contributed by atoms with Gasteiger partial charge in [-0.05, 0) is 29.8 Å². The van der Waals surface area contributed by atoms with Crippen LogP contribution in [0, 0.1) is 0 Å². The van der Waals surface area contributed by atoms with E-state index in [2.05, 4.69) is 10.3 Å². The highest BCUT2D eigenvalue weighted by molar-refractivity contribution is 6.31. The molecule has 162 valence electrons. The van der Waals surface area contributed by atoms with E-state index in [0.717, 1.165) is 27.7 Å². The minimum absolute atomic E-state index is 0.0358. The van der Waals surface area contributed by atoms with Crippen molar-refractivity contribution in [2.24, 2.45) is 4.99 Å². The first-order chi connectivity index (χ1) is 15.5. The van der Waals surface area contributed by atoms with Gasteiger partial charge in [0, 0.05) is 36.6 Å². The van der Waals surface area contributed by atoms with Gasteiger partial charge in [0.1, 0.15) is 0 Å². The number of H-pyrrole nitrogens is 1. The van der Waals surface area contributed by atoms with Crippen LogP contribution in [0.3, 0.4) is 0 Å². The maximum absolute atomic E-state index is 11.7. The third-order valence-corrected chi connectivity index (χ3v) is 5.42. The molecule has 1 aromatic heterocycles. The van der Waals surface area contributed by atoms with Crippen LogP contribution in [0.5, 0.6) is 5.88 Å². The smallest absolute Gasteiger partial charge is 0.317 e. The summed E-state index contributed by atoms with van der Waals surface area (Å²) in [5.74, 6) is 0.0358. The molecule has 0 aliphatic heterocycles. The summed E-state index contributed by atoms with van der Waals surface area (Å²) < 4.78 is 0. The van der Waals surface area contributed by atoms with Crippen molar-refractivity contribution in [2.45, 2.75) is 6.54 Å². The van der Waals surface area contributed by atoms with Crippen molar-refractivity contribution in [1.82, 2.24) is 15.2 Å². The fourth-order valence-electron chi connectivity index (χ4n) is 3.60. The Balaban J connectivity index is 1.76. The van der Waals surface area contributed by atoms with E-state index < -0.39 is 0 Å². The number of aliphatic imine (C=N–C) groups is 1. The Morgan fingerprint density at radius 3 is 2.50 bits per heavy atom. The molecule has 0 radical (unpaired) electrons. The number of halogens is 1. The largest absolute Gasteiger partial charge is 0.494 e. The third kappa shape index (κ3) is 4.45. The van der Waals surface area contributed by atoms with Crippen LogP contribution >= 0.6 is 11.6 Å². The molecule has 2 amide bonds. The maximum atomic E-state index is 11.7. The first-order valence-electron chi connectivity index (χ1n) is 10.1. The van der Waals surface area contributed by atoms with Crippen molar-refractivity contribution in [1.29, 1.82) is 0 Å². The molecule has 0 saturated heterocycles. The van der Waals surface area contributed by atoms with Gasteiger partial charge in [-0.25, -0.2) is 9.79 Å². The molecule has 32 heavy (non-hydrogen) atoms. The van der Waals surface area contributed by atoms with E-state index in [1.165, 1.54) is 0 Å². The van der Waals surface area contributed by atoms with E-state index in [0.29, 0.717) is 22.8 Å². The number of benzene rings is 3. The quantitative estimate of drug-likeness (QED) is 0.355. The second-order valence-corrected chi connectivity index (χ2v) is 7.88. The molecule has 0 bridgehead atoms. The second-order valence-electron chi connectivity index (χ2n) is 7.44. The van der Waals surface area contributed by atoms with Gasteiger partial charge in [0.05, 0.1) is 22.5 Å². The molecule has 3 aromatic carbocycles. The Morgan fingerprint density at radius 2 is 1.81 bits per heavy atom. The Hall–Kier alpha value is -3.77. The van der Waals surface area contributed by atoms with Crippen LogP contribution in [0.1, 0.15) is 16.7 Å². The molecule has 0 atom stereocenters. The number of nitrogens with one attached hydrogen (secondary N) is 2. The Labute approximate surface area is 191 Å². The molecule has 0 saturated carbocycles. The number of urea groups is 1. The Kier molecular flexibility index (Phi) is 6.14. The standard InChI is InChI=1S/C25H23ClN4O2/c1-27-25(32)30(2)15-16-8-11-19(12-9-16)28-23(17-6-4-3-5-7-17)22-20-13-10-18(26)14-21(20)29-24(22)31/h3-14,29,31H,15H2,1-2H3,(H,27,32). The number of aromatic hydroxyl groups is 1. The molecule has 0 fully saturated rings. The number of carbonyl (C=O) groups is 1. The van der Waals surface area contributed by atoms with Crippen LogP contribution in [-0.4, -0.2) is 40.8 Å². The number of fused-ring (bicyclic) bond motifs is 1. The maximum Gasteiger partial charge on any atom is 0.317 e. The molecular formula is C25H23ClN4O2. The normalized spacial score (nSPS) is 11.5. The predicted octanol–water partition coefficient (Wildman–Crippen LogP) is 5.47. The topological polar surface area (TPSA) is 80.7 Å². The molecule has 0 spiro atoms. The van der Waals surface area contributed by atoms with Gasteiger partial charge in [0.25, 0.3) is 0 Å². The SMILES string of the molecule is CNC(=O)N(C)Cc1ccc(N=C(c2ccccc2)c2c(O)[nH]c3cc(Cl)ccc23)cc1. The molecule has 0 aliphatic carbocycles. The van der Waals surface area contributed by atoms with Gasteiger partial charge in [0.2, 0.25) is 0 Å². The molecule has 0 aliphatic rings. The molecule has 3 N–H and O–H groups in total. The lowest BCUT2D eigenvalue weighted by Gasteiger charge is -2.16. The summed E-state index contributed by atoms with van der Waals surface area (Å²) in [6.45, 7) is 0.485. The van der Waals surface area contributed by atoms with Crippen molar-refractivity contribution in [3.8, 4) is 5.88 Å². The number of aromatic amines is 1. The van der Waals surface area contributed by atoms with Crippen LogP contribution in [0.15, 0.2) is 77.8 Å². The van der Waals surface area contributed by atoms with Crippen LogP contribution < -0.4 is 5.32 Å². The van der Waals surface area contributed by atoms with E-state index in [9.17, 15) is 9.90 Å². The molecule has 4 rings (SSSR count). The summed E-state index contributed by atoms with van der Waals surface area (Å²) in [4.78, 5) is 21.2. The van der Waals surface area contributed by atoms with Gasteiger partial charge in [-0.2, -0.15) is 0 Å². The van der Waals surface area contributed by atoms with E-state index in [-0.39, 0.29) is 11.9 Å². The lowest BCUT2D eigenvalue weighted by atomic mass is 10.0. The summed E-state index contributed by atoms with van der Waals surface area (Å²) in [5.41, 5.74) is 4.60. The van der Waals surface area contributed by atoms with Crippen LogP contribution in [0.2, 0.25) is 5.02 Å². The monoisotopic (exact) mass is 446 g/mol. The van der Waals surface area contributed by atoms with Gasteiger partial charge in [0.15, 0.2) is 5.88 Å². The zero-order chi connectivity index (χ0) is 22.7. The van der Waals surface area contributed by atoms with E-state index in [1.807, 2.05) is 60.7 Å². The van der Waals surface area contributed by atoms with Gasteiger partial charge < -0.3 is 20.3 Å². The molecule has 4 aromatic rings. The fourth-order valence-corrected chi connectivity index (χ4v) is 3.77. The van der Waals surface area contributed by atoms with E-state index in [4.69, 9.17) is 16.6 Å². The highest BCUT2D eigenvalue weighted by Gasteiger charge is 2.18. The van der Waals surface area contributed by atoms with Crippen LogP contribution in [0.4, 0.5) is 10.5 Å².